The number of hydrogen-bond acceptors (Lipinski definition) is 2. The fourth-order valence-electron chi connectivity index (χ4n) is 1.75. The molecule has 0 spiro atoms. The second kappa shape index (κ2) is 8.43. The van der Waals surface area contributed by atoms with Crippen molar-refractivity contribution in [3.63, 3.8) is 0 Å². The van der Waals surface area contributed by atoms with Crippen LogP contribution in [0.5, 0.6) is 5.75 Å². The molecule has 1 aromatic carbocycles. The lowest BCUT2D eigenvalue weighted by molar-refractivity contribution is 0.0763. The van der Waals surface area contributed by atoms with E-state index in [1.807, 2.05) is 0 Å². The maximum Gasteiger partial charge on any atom is 0.253 e. The Kier molecular flexibility index (Phi) is 7.24. The summed E-state index contributed by atoms with van der Waals surface area (Å²) in [6, 6.07) is 5.35. The van der Waals surface area contributed by atoms with Crippen LogP contribution in [0.4, 0.5) is 0 Å². The van der Waals surface area contributed by atoms with Crippen molar-refractivity contribution in [2.75, 3.05) is 26.1 Å². The summed E-state index contributed by atoms with van der Waals surface area (Å²) >= 11 is 9.16. The SMILES string of the molecule is CCCCN(CCCl)C(=O)c1ccc(OC)c(Br)c1. The van der Waals surface area contributed by atoms with Gasteiger partial charge in [0.15, 0.2) is 0 Å². The molecule has 0 aliphatic rings. The van der Waals surface area contributed by atoms with Gasteiger partial charge in [-0.05, 0) is 40.5 Å². The number of benzene rings is 1. The van der Waals surface area contributed by atoms with Gasteiger partial charge in [0.2, 0.25) is 0 Å². The van der Waals surface area contributed by atoms with E-state index in [1.165, 1.54) is 0 Å². The molecule has 0 atom stereocenters. The number of hydrogen-bond donors (Lipinski definition) is 0. The second-order valence-electron chi connectivity index (χ2n) is 4.18. The first-order chi connectivity index (χ1) is 9.13. The van der Waals surface area contributed by atoms with Crippen LogP contribution in [0.25, 0.3) is 0 Å². The van der Waals surface area contributed by atoms with Crippen molar-refractivity contribution >= 4 is 33.4 Å². The van der Waals surface area contributed by atoms with Gasteiger partial charge in [-0.15, -0.1) is 11.6 Å². The van der Waals surface area contributed by atoms with Gasteiger partial charge in [0.05, 0.1) is 11.6 Å². The molecule has 1 aromatic rings. The predicted molar refractivity (Wildman–Crippen MR) is 82.2 cm³/mol. The summed E-state index contributed by atoms with van der Waals surface area (Å²) in [5.74, 6) is 1.18. The second-order valence-corrected chi connectivity index (χ2v) is 5.42. The number of carbonyl (C=O) groups excluding carboxylic acids is 1. The first kappa shape index (κ1) is 16.3. The smallest absolute Gasteiger partial charge is 0.253 e. The summed E-state index contributed by atoms with van der Waals surface area (Å²) in [7, 11) is 1.60. The molecule has 0 fully saturated rings. The first-order valence-corrected chi connectivity index (χ1v) is 7.65. The fourth-order valence-corrected chi connectivity index (χ4v) is 2.49. The number of ether oxygens (including phenoxy) is 1. The summed E-state index contributed by atoms with van der Waals surface area (Å²) in [5, 5.41) is 0. The van der Waals surface area contributed by atoms with Crippen molar-refractivity contribution in [1.82, 2.24) is 4.90 Å². The quantitative estimate of drug-likeness (QED) is 0.699. The van der Waals surface area contributed by atoms with Crippen molar-refractivity contribution < 1.29 is 9.53 Å². The summed E-state index contributed by atoms with van der Waals surface area (Å²) in [6.45, 7) is 3.42. The van der Waals surface area contributed by atoms with E-state index in [1.54, 1.807) is 30.2 Å². The maximum atomic E-state index is 12.4. The van der Waals surface area contributed by atoms with Crippen LogP contribution in [-0.2, 0) is 0 Å². The Labute approximate surface area is 128 Å². The summed E-state index contributed by atoms with van der Waals surface area (Å²) < 4.78 is 5.94. The van der Waals surface area contributed by atoms with Crippen molar-refractivity contribution in [1.29, 1.82) is 0 Å². The number of rotatable bonds is 7. The van der Waals surface area contributed by atoms with Crippen molar-refractivity contribution in [2.45, 2.75) is 19.8 Å². The number of amides is 1. The summed E-state index contributed by atoms with van der Waals surface area (Å²) in [5.41, 5.74) is 0.647. The standard InChI is InChI=1S/C14H19BrClNO2/c1-3-4-8-17(9-7-16)14(18)11-5-6-13(19-2)12(15)10-11/h5-6,10H,3-4,7-9H2,1-2H3. The molecule has 106 valence electrons. The Morgan fingerprint density at radius 1 is 1.42 bits per heavy atom. The number of unbranched alkanes of at least 4 members (excludes halogenated alkanes) is 1. The zero-order valence-electron chi connectivity index (χ0n) is 11.3. The van der Waals surface area contributed by atoms with Gasteiger partial charge in [0.25, 0.3) is 5.91 Å². The minimum Gasteiger partial charge on any atom is -0.496 e. The van der Waals surface area contributed by atoms with Crippen LogP contribution in [0.3, 0.4) is 0 Å². The average Bonchev–Trinajstić information content (AvgIpc) is 2.42. The highest BCUT2D eigenvalue weighted by Gasteiger charge is 2.16. The van der Waals surface area contributed by atoms with Gasteiger partial charge >= 0.3 is 0 Å². The van der Waals surface area contributed by atoms with E-state index >= 15 is 0 Å². The zero-order chi connectivity index (χ0) is 14.3. The molecule has 0 N–H and O–H groups in total. The van der Waals surface area contributed by atoms with Crippen LogP contribution in [0.1, 0.15) is 30.1 Å². The molecule has 0 bridgehead atoms. The van der Waals surface area contributed by atoms with Gasteiger partial charge < -0.3 is 9.64 Å². The van der Waals surface area contributed by atoms with Crippen LogP contribution < -0.4 is 4.74 Å². The van der Waals surface area contributed by atoms with E-state index in [4.69, 9.17) is 16.3 Å². The Bertz CT molecular complexity index is 426. The Morgan fingerprint density at radius 2 is 2.16 bits per heavy atom. The lowest BCUT2D eigenvalue weighted by atomic mass is 10.2. The molecule has 1 rings (SSSR count). The van der Waals surface area contributed by atoms with E-state index < -0.39 is 0 Å². The van der Waals surface area contributed by atoms with Crippen molar-refractivity contribution in [2.24, 2.45) is 0 Å². The van der Waals surface area contributed by atoms with E-state index in [0.29, 0.717) is 23.7 Å². The molecule has 0 unspecified atom stereocenters. The number of halogens is 2. The van der Waals surface area contributed by atoms with Crippen LogP contribution in [0.2, 0.25) is 0 Å². The molecule has 0 saturated carbocycles. The third-order valence-electron chi connectivity index (χ3n) is 2.82. The Balaban J connectivity index is 2.86. The lowest BCUT2D eigenvalue weighted by Gasteiger charge is -2.21. The Morgan fingerprint density at radius 3 is 2.68 bits per heavy atom. The van der Waals surface area contributed by atoms with Gasteiger partial charge in [-0.1, -0.05) is 13.3 Å². The van der Waals surface area contributed by atoms with Crippen LogP contribution in [0.15, 0.2) is 22.7 Å². The highest BCUT2D eigenvalue weighted by molar-refractivity contribution is 9.10. The third-order valence-corrected chi connectivity index (χ3v) is 3.61. The molecule has 0 heterocycles. The number of nitrogens with zero attached hydrogens (tertiary/aromatic N) is 1. The molecule has 3 nitrogen and oxygen atoms in total. The topological polar surface area (TPSA) is 29.5 Å². The average molecular weight is 349 g/mol. The van der Waals surface area contributed by atoms with Crippen molar-refractivity contribution in [3.8, 4) is 5.75 Å². The highest BCUT2D eigenvalue weighted by atomic mass is 79.9. The van der Waals surface area contributed by atoms with Gasteiger partial charge in [0.1, 0.15) is 5.75 Å². The maximum absolute atomic E-state index is 12.4. The Hall–Kier alpha value is -0.740. The lowest BCUT2D eigenvalue weighted by Crippen LogP contribution is -2.33. The van der Waals surface area contributed by atoms with Gasteiger partial charge in [-0.3, -0.25) is 4.79 Å². The molecule has 0 radical (unpaired) electrons. The van der Waals surface area contributed by atoms with Crippen LogP contribution in [-0.4, -0.2) is 36.9 Å². The molecular weight excluding hydrogens is 330 g/mol. The fraction of sp³-hybridized carbons (Fsp3) is 0.500. The molecule has 0 aromatic heterocycles. The van der Waals surface area contributed by atoms with E-state index in [-0.39, 0.29) is 5.91 Å². The van der Waals surface area contributed by atoms with Crippen molar-refractivity contribution in [3.05, 3.63) is 28.2 Å². The van der Waals surface area contributed by atoms with Gasteiger partial charge in [0, 0.05) is 24.5 Å². The van der Waals surface area contributed by atoms with E-state index in [0.717, 1.165) is 23.9 Å². The molecule has 0 aliphatic heterocycles. The van der Waals surface area contributed by atoms with E-state index in [2.05, 4.69) is 22.9 Å². The van der Waals surface area contributed by atoms with E-state index in [9.17, 15) is 4.79 Å². The van der Waals surface area contributed by atoms with Gasteiger partial charge in [-0.25, -0.2) is 0 Å². The summed E-state index contributed by atoms with van der Waals surface area (Å²) in [4.78, 5) is 14.2. The molecular formula is C14H19BrClNO2. The van der Waals surface area contributed by atoms with Crippen LogP contribution >= 0.6 is 27.5 Å². The highest BCUT2D eigenvalue weighted by Crippen LogP contribution is 2.26. The van der Waals surface area contributed by atoms with Crippen LogP contribution in [0, 0.1) is 0 Å². The number of carbonyl (C=O) groups is 1. The molecule has 1 amide bonds. The minimum atomic E-state index is 0.0115. The number of alkyl halides is 1. The molecule has 5 heteroatoms. The predicted octanol–water partition coefficient (Wildman–Crippen LogP) is 3.94. The monoisotopic (exact) mass is 347 g/mol. The number of methoxy groups -OCH3 is 1. The normalized spacial score (nSPS) is 10.3. The minimum absolute atomic E-state index is 0.0115. The zero-order valence-corrected chi connectivity index (χ0v) is 13.6. The largest absolute Gasteiger partial charge is 0.496 e. The molecule has 0 aliphatic carbocycles. The van der Waals surface area contributed by atoms with Gasteiger partial charge in [-0.2, -0.15) is 0 Å². The summed E-state index contributed by atoms with van der Waals surface area (Å²) in [6.07, 6.45) is 2.04. The molecule has 19 heavy (non-hydrogen) atoms. The molecule has 0 saturated heterocycles. The third kappa shape index (κ3) is 4.69. The first-order valence-electron chi connectivity index (χ1n) is 6.32.